The number of imidazole rings is 1. The van der Waals surface area contributed by atoms with E-state index in [9.17, 15) is 0 Å². The van der Waals surface area contributed by atoms with Crippen LogP contribution in [-0.2, 0) is 13.1 Å². The van der Waals surface area contributed by atoms with E-state index in [1.165, 1.54) is 0 Å². The third-order valence-electron chi connectivity index (χ3n) is 3.43. The van der Waals surface area contributed by atoms with Crippen molar-refractivity contribution in [3.63, 3.8) is 0 Å². The summed E-state index contributed by atoms with van der Waals surface area (Å²) in [7, 11) is 0. The number of H-pyrrole nitrogens is 1. The van der Waals surface area contributed by atoms with E-state index in [0.717, 1.165) is 40.6 Å². The molecule has 4 rings (SSSR count). The molecule has 6 nitrogen and oxygen atoms in total. The van der Waals surface area contributed by atoms with E-state index in [1.807, 2.05) is 40.5 Å². The van der Waals surface area contributed by atoms with Gasteiger partial charge in [-0.05, 0) is 12.1 Å². The fourth-order valence-corrected chi connectivity index (χ4v) is 3.11. The van der Waals surface area contributed by atoms with Crippen LogP contribution in [0.3, 0.4) is 0 Å². The lowest BCUT2D eigenvalue weighted by molar-refractivity contribution is 0.684. The van der Waals surface area contributed by atoms with Gasteiger partial charge in [0.1, 0.15) is 0 Å². The van der Waals surface area contributed by atoms with Gasteiger partial charge in [0.05, 0.1) is 17.6 Å². The van der Waals surface area contributed by atoms with Crippen LogP contribution < -0.4 is 5.32 Å². The monoisotopic (exact) mass is 310 g/mol. The van der Waals surface area contributed by atoms with Crippen molar-refractivity contribution >= 4 is 16.3 Å². The average molecular weight is 310 g/mol. The van der Waals surface area contributed by atoms with Crippen molar-refractivity contribution in [2.24, 2.45) is 0 Å². The van der Waals surface area contributed by atoms with Gasteiger partial charge in [-0.1, -0.05) is 0 Å². The van der Waals surface area contributed by atoms with E-state index in [-0.39, 0.29) is 0 Å². The molecule has 110 valence electrons. The predicted octanol–water partition coefficient (Wildman–Crippen LogP) is 2.47. The zero-order chi connectivity index (χ0) is 14.8. The Kier molecular flexibility index (Phi) is 3.42. The van der Waals surface area contributed by atoms with Gasteiger partial charge in [0.25, 0.3) is 0 Å². The lowest BCUT2D eigenvalue weighted by Crippen LogP contribution is -2.13. The number of nitrogens with one attached hydrogen (secondary N) is 2. The molecule has 22 heavy (non-hydrogen) atoms. The van der Waals surface area contributed by atoms with Gasteiger partial charge in [-0.3, -0.25) is 14.5 Å². The Bertz CT molecular complexity index is 847. The van der Waals surface area contributed by atoms with Gasteiger partial charge < -0.3 is 5.32 Å². The van der Waals surface area contributed by atoms with Gasteiger partial charge >= 0.3 is 0 Å². The van der Waals surface area contributed by atoms with Crippen LogP contribution in [0.4, 0.5) is 0 Å². The van der Waals surface area contributed by atoms with Crippen LogP contribution in [0.5, 0.6) is 0 Å². The Hall–Kier alpha value is -2.51. The van der Waals surface area contributed by atoms with Gasteiger partial charge in [0, 0.05) is 54.4 Å². The quantitative estimate of drug-likeness (QED) is 0.594. The van der Waals surface area contributed by atoms with Crippen molar-refractivity contribution in [3.05, 3.63) is 59.8 Å². The molecule has 7 heteroatoms. The van der Waals surface area contributed by atoms with E-state index in [4.69, 9.17) is 0 Å². The van der Waals surface area contributed by atoms with Crippen LogP contribution >= 0.6 is 11.3 Å². The number of nitrogens with zero attached hydrogens (tertiary/aromatic N) is 4. The smallest absolute Gasteiger partial charge is 0.193 e. The number of fused-ring (bicyclic) bond motifs is 1. The predicted molar refractivity (Wildman–Crippen MR) is 85.4 cm³/mol. The number of aromatic nitrogens is 5. The fraction of sp³-hybridized carbons (Fsp3) is 0.133. The SMILES string of the molecule is c1cncc(-c2[nH]ncc2CNCc2cn3ccsc3n2)c1. The minimum atomic E-state index is 0.728. The first-order valence-corrected chi connectivity index (χ1v) is 7.82. The second kappa shape index (κ2) is 5.70. The van der Waals surface area contributed by atoms with E-state index >= 15 is 0 Å². The molecule has 0 unspecified atom stereocenters. The zero-order valence-corrected chi connectivity index (χ0v) is 12.5. The minimum Gasteiger partial charge on any atom is -0.307 e. The molecule has 4 aromatic rings. The molecule has 0 aliphatic rings. The summed E-state index contributed by atoms with van der Waals surface area (Å²) in [6.07, 6.45) is 9.52. The van der Waals surface area contributed by atoms with Crippen molar-refractivity contribution in [1.29, 1.82) is 0 Å². The molecular formula is C15H14N6S. The summed E-state index contributed by atoms with van der Waals surface area (Å²) in [6.45, 7) is 1.46. The summed E-state index contributed by atoms with van der Waals surface area (Å²) < 4.78 is 2.04. The topological polar surface area (TPSA) is 70.9 Å². The standard InChI is InChI=1S/C15H14N6S/c1-2-11(6-16-3-1)14-12(8-18-20-14)7-17-9-13-10-21-4-5-22-15(21)19-13/h1-6,8,10,17H,7,9H2,(H,18,20). The molecule has 0 fully saturated rings. The third-order valence-corrected chi connectivity index (χ3v) is 4.20. The van der Waals surface area contributed by atoms with E-state index < -0.39 is 0 Å². The van der Waals surface area contributed by atoms with Gasteiger partial charge in [-0.15, -0.1) is 11.3 Å². The highest BCUT2D eigenvalue weighted by atomic mass is 32.1. The highest BCUT2D eigenvalue weighted by molar-refractivity contribution is 7.15. The van der Waals surface area contributed by atoms with Crippen molar-refractivity contribution in [1.82, 2.24) is 29.9 Å². The largest absolute Gasteiger partial charge is 0.307 e. The fourth-order valence-electron chi connectivity index (χ4n) is 2.39. The summed E-state index contributed by atoms with van der Waals surface area (Å²) >= 11 is 1.64. The average Bonchev–Trinajstić information content (AvgIpc) is 3.23. The first-order chi connectivity index (χ1) is 10.9. The Morgan fingerprint density at radius 3 is 3.14 bits per heavy atom. The lowest BCUT2D eigenvalue weighted by Gasteiger charge is -2.04. The van der Waals surface area contributed by atoms with Crippen molar-refractivity contribution in [2.45, 2.75) is 13.1 Å². The van der Waals surface area contributed by atoms with Crippen LogP contribution in [0.25, 0.3) is 16.2 Å². The number of hydrogen-bond donors (Lipinski definition) is 2. The first kappa shape index (κ1) is 13.2. The van der Waals surface area contributed by atoms with Crippen LogP contribution in [-0.4, -0.2) is 24.6 Å². The Balaban J connectivity index is 1.44. The van der Waals surface area contributed by atoms with Crippen molar-refractivity contribution in [3.8, 4) is 11.3 Å². The molecule has 2 N–H and O–H groups in total. The molecule has 0 atom stereocenters. The Labute approximate surface area is 130 Å². The van der Waals surface area contributed by atoms with Crippen molar-refractivity contribution in [2.75, 3.05) is 0 Å². The molecule has 4 heterocycles. The molecular weight excluding hydrogens is 296 g/mol. The Morgan fingerprint density at radius 2 is 2.27 bits per heavy atom. The normalized spacial score (nSPS) is 11.3. The summed E-state index contributed by atoms with van der Waals surface area (Å²) in [5, 5.41) is 12.6. The van der Waals surface area contributed by atoms with Crippen LogP contribution in [0.2, 0.25) is 0 Å². The molecule has 0 aliphatic heterocycles. The van der Waals surface area contributed by atoms with Crippen LogP contribution in [0, 0.1) is 0 Å². The van der Waals surface area contributed by atoms with Gasteiger partial charge in [0.15, 0.2) is 4.96 Å². The number of thiazole rings is 1. The number of rotatable bonds is 5. The maximum atomic E-state index is 4.56. The molecule has 0 aliphatic carbocycles. The first-order valence-electron chi connectivity index (χ1n) is 6.94. The van der Waals surface area contributed by atoms with E-state index in [0.29, 0.717) is 0 Å². The number of pyridine rings is 1. The molecule has 0 amide bonds. The highest BCUT2D eigenvalue weighted by Gasteiger charge is 2.08. The highest BCUT2D eigenvalue weighted by Crippen LogP contribution is 2.19. The second-order valence-corrected chi connectivity index (χ2v) is 5.81. The summed E-state index contributed by atoms with van der Waals surface area (Å²) in [5.74, 6) is 0. The lowest BCUT2D eigenvalue weighted by atomic mass is 10.1. The molecule has 0 aromatic carbocycles. The van der Waals surface area contributed by atoms with Gasteiger partial charge in [-0.2, -0.15) is 5.10 Å². The van der Waals surface area contributed by atoms with Crippen LogP contribution in [0.15, 0.2) is 48.5 Å². The third kappa shape index (κ3) is 2.51. The maximum absolute atomic E-state index is 4.56. The Morgan fingerprint density at radius 1 is 1.27 bits per heavy atom. The van der Waals surface area contributed by atoms with Crippen molar-refractivity contribution < 1.29 is 0 Å². The van der Waals surface area contributed by atoms with Gasteiger partial charge in [0.2, 0.25) is 0 Å². The molecule has 4 aromatic heterocycles. The molecule has 0 saturated heterocycles. The molecule has 0 radical (unpaired) electrons. The summed E-state index contributed by atoms with van der Waals surface area (Å²) in [5.41, 5.74) is 4.21. The molecule has 0 saturated carbocycles. The second-order valence-electron chi connectivity index (χ2n) is 4.94. The summed E-state index contributed by atoms with van der Waals surface area (Å²) in [6, 6.07) is 3.94. The molecule has 0 spiro atoms. The summed E-state index contributed by atoms with van der Waals surface area (Å²) in [4.78, 5) is 9.73. The molecule has 0 bridgehead atoms. The zero-order valence-electron chi connectivity index (χ0n) is 11.7. The van der Waals surface area contributed by atoms with E-state index in [2.05, 4.69) is 31.7 Å². The number of aromatic amines is 1. The van der Waals surface area contributed by atoms with Crippen LogP contribution in [0.1, 0.15) is 11.3 Å². The number of hydrogen-bond acceptors (Lipinski definition) is 5. The van der Waals surface area contributed by atoms with E-state index in [1.54, 1.807) is 17.5 Å². The minimum absolute atomic E-state index is 0.728. The van der Waals surface area contributed by atoms with Gasteiger partial charge in [-0.25, -0.2) is 4.98 Å². The maximum Gasteiger partial charge on any atom is 0.193 e.